The van der Waals surface area contributed by atoms with Crippen molar-refractivity contribution < 1.29 is 42.0 Å². The lowest BCUT2D eigenvalue weighted by atomic mass is 9.87. The minimum Gasteiger partial charge on any atom is -0.429 e. The second-order valence-corrected chi connectivity index (χ2v) is 17.6. The zero-order valence-electron chi connectivity index (χ0n) is 35.2. The molecule has 0 bridgehead atoms. The Morgan fingerprint density at radius 1 is 0.951 bits per heavy atom. The second kappa shape index (κ2) is 21.3. The molecule has 2 atom stereocenters. The van der Waals surface area contributed by atoms with Gasteiger partial charge >= 0.3 is 6.16 Å². The van der Waals surface area contributed by atoms with E-state index in [0.29, 0.717) is 48.3 Å². The number of rotatable bonds is 21. The molecule has 0 spiro atoms. The first-order valence-electron chi connectivity index (χ1n) is 19.4. The molecule has 0 aliphatic rings. The molecule has 0 saturated heterocycles. The minimum atomic E-state index is -3.56. The molecule has 0 unspecified atom stereocenters. The highest BCUT2D eigenvalue weighted by Gasteiger charge is 2.34. The van der Waals surface area contributed by atoms with Crippen LogP contribution in [0.3, 0.4) is 0 Å². The van der Waals surface area contributed by atoms with Gasteiger partial charge in [-0.2, -0.15) is 0 Å². The Morgan fingerprint density at radius 3 is 2.20 bits per heavy atom. The summed E-state index contributed by atoms with van der Waals surface area (Å²) < 4.78 is 35.1. The van der Waals surface area contributed by atoms with Gasteiger partial charge in [-0.15, -0.1) is 5.10 Å². The van der Waals surface area contributed by atoms with E-state index in [9.17, 15) is 37.7 Å². The molecular formula is C40H52N10O10S. The highest BCUT2D eigenvalue weighted by Crippen LogP contribution is 2.24. The van der Waals surface area contributed by atoms with E-state index in [4.69, 9.17) is 9.47 Å². The fraction of sp³-hybridized carbons (Fsp3) is 0.450. The van der Waals surface area contributed by atoms with Crippen molar-refractivity contribution in [3.8, 4) is 17.0 Å². The molecule has 328 valence electrons. The van der Waals surface area contributed by atoms with Crippen LogP contribution in [0, 0.1) is 21.4 Å². The lowest BCUT2D eigenvalue weighted by molar-refractivity contribution is -0.384. The summed E-state index contributed by atoms with van der Waals surface area (Å²) in [7, 11) is 0.333. The summed E-state index contributed by atoms with van der Waals surface area (Å²) in [6.07, 6.45) is 6.42. The molecule has 3 amide bonds. The maximum absolute atomic E-state index is 13.8. The third kappa shape index (κ3) is 14.7. The van der Waals surface area contributed by atoms with E-state index in [0.717, 1.165) is 19.2 Å². The average molecular weight is 865 g/mol. The Balaban J connectivity index is 1.34. The molecule has 21 heteroatoms. The molecule has 0 fully saturated rings. The third-order valence-electron chi connectivity index (χ3n) is 9.42. The number of aryl methyl sites for hydroxylation is 1. The van der Waals surface area contributed by atoms with Crippen LogP contribution in [0.4, 0.5) is 16.2 Å². The predicted molar refractivity (Wildman–Crippen MR) is 223 cm³/mol. The van der Waals surface area contributed by atoms with Crippen molar-refractivity contribution in [1.82, 2.24) is 40.5 Å². The molecule has 2 aromatic heterocycles. The number of hydrogen-bond acceptors (Lipinski definition) is 15. The number of sulfone groups is 1. The first-order chi connectivity index (χ1) is 28.7. The van der Waals surface area contributed by atoms with Crippen LogP contribution < -0.4 is 20.7 Å². The van der Waals surface area contributed by atoms with E-state index in [1.165, 1.54) is 36.7 Å². The van der Waals surface area contributed by atoms with E-state index in [1.807, 2.05) is 19.0 Å². The maximum Gasteiger partial charge on any atom is 0.514 e. The Bertz CT molecular complexity index is 2250. The molecule has 4 rings (SSSR count). The molecule has 0 radical (unpaired) electrons. The summed E-state index contributed by atoms with van der Waals surface area (Å²) in [5.74, 6) is -1.58. The highest BCUT2D eigenvalue weighted by atomic mass is 32.2. The maximum atomic E-state index is 13.8. The van der Waals surface area contributed by atoms with Crippen molar-refractivity contribution in [2.24, 2.45) is 11.3 Å². The number of nitrogens with one attached hydrogen (secondary N) is 3. The van der Waals surface area contributed by atoms with E-state index < -0.39 is 50.2 Å². The molecule has 2 heterocycles. The topological polar surface area (TPSA) is 260 Å². The van der Waals surface area contributed by atoms with Crippen molar-refractivity contribution in [2.75, 3.05) is 32.2 Å². The molecule has 20 nitrogen and oxygen atoms in total. The van der Waals surface area contributed by atoms with Gasteiger partial charge in [0.05, 0.1) is 11.1 Å². The van der Waals surface area contributed by atoms with Crippen molar-refractivity contribution in [3.63, 3.8) is 0 Å². The van der Waals surface area contributed by atoms with Gasteiger partial charge in [0.2, 0.25) is 32.7 Å². The molecule has 0 aliphatic carbocycles. The lowest BCUT2D eigenvalue weighted by Crippen LogP contribution is -2.56. The Morgan fingerprint density at radius 2 is 1.61 bits per heavy atom. The molecule has 2 aromatic carbocycles. The number of hydrogen-bond donors (Lipinski definition) is 3. The Labute approximate surface area is 353 Å². The fourth-order valence-corrected chi connectivity index (χ4v) is 6.17. The molecule has 3 N–H and O–H groups in total. The van der Waals surface area contributed by atoms with Crippen LogP contribution in [-0.4, -0.2) is 106 Å². The Hall–Kier alpha value is -6.35. The Kier molecular flexibility index (Phi) is 16.5. The van der Waals surface area contributed by atoms with Gasteiger partial charge in [0.25, 0.3) is 5.69 Å². The second-order valence-electron chi connectivity index (χ2n) is 15.7. The normalized spacial score (nSPS) is 12.7. The largest absolute Gasteiger partial charge is 0.514 e. The number of non-ortho nitro benzene ring substituents is 1. The summed E-state index contributed by atoms with van der Waals surface area (Å²) in [6, 6.07) is 9.60. The van der Waals surface area contributed by atoms with Crippen LogP contribution in [0.2, 0.25) is 0 Å². The molecule has 4 aromatic rings. The minimum absolute atomic E-state index is 0.0782. The number of ether oxygens (including phenoxy) is 2. The number of aromatic nitrogens is 5. The zero-order chi connectivity index (χ0) is 44.9. The van der Waals surface area contributed by atoms with Crippen LogP contribution in [0.15, 0.2) is 72.3 Å². The van der Waals surface area contributed by atoms with Crippen LogP contribution in [-0.2, 0) is 42.1 Å². The number of benzene rings is 2. The van der Waals surface area contributed by atoms with Crippen LogP contribution in [0.1, 0.15) is 58.9 Å². The average Bonchev–Trinajstić information content (AvgIpc) is 3.69. The summed E-state index contributed by atoms with van der Waals surface area (Å²) in [6.45, 7) is 8.04. The van der Waals surface area contributed by atoms with E-state index in [-0.39, 0.29) is 35.0 Å². The fourth-order valence-electron chi connectivity index (χ4n) is 5.68. The molecule has 61 heavy (non-hydrogen) atoms. The standard InChI is InChI=1S/C40H52N10O10S/c1-26(2)34(45-37(53)40(3,4)19-21-49-24-33(46-47-49)28-22-41-38(42-23-28)61(7,57)58)36(52)44-32(10-8-9-20-48(5)6)35(51)43-29-13-11-27(12-14-29)25-59-39(54)60-31-17-15-30(16-18-31)50(55)56/h11-18,22-24,26,32,34H,8-10,19-21,25H2,1-7H3,(H,43,51)(H,44,52)(H,45,53)/t32-,34-/m0/s1. The monoisotopic (exact) mass is 864 g/mol. The summed E-state index contributed by atoms with van der Waals surface area (Å²) >= 11 is 0. The number of nitro groups is 1. The summed E-state index contributed by atoms with van der Waals surface area (Å²) in [5, 5.41) is 27.4. The number of nitrogens with zero attached hydrogens (tertiary/aromatic N) is 7. The van der Waals surface area contributed by atoms with Crippen molar-refractivity contribution in [3.05, 3.63) is 82.8 Å². The number of anilines is 1. The summed E-state index contributed by atoms with van der Waals surface area (Å²) in [4.78, 5) is 73.4. The van der Waals surface area contributed by atoms with Gasteiger partial charge < -0.3 is 30.3 Å². The number of amides is 3. The molecular weight excluding hydrogens is 813 g/mol. The smallest absolute Gasteiger partial charge is 0.429 e. The van der Waals surface area contributed by atoms with E-state index in [2.05, 4.69) is 36.2 Å². The quantitative estimate of drug-likeness (QED) is 0.0265. The molecule has 0 aliphatic heterocycles. The van der Waals surface area contributed by atoms with E-state index in [1.54, 1.807) is 62.8 Å². The van der Waals surface area contributed by atoms with Crippen molar-refractivity contribution >= 4 is 45.1 Å². The van der Waals surface area contributed by atoms with Gasteiger partial charge in [-0.3, -0.25) is 29.2 Å². The highest BCUT2D eigenvalue weighted by molar-refractivity contribution is 7.90. The predicted octanol–water partition coefficient (Wildman–Crippen LogP) is 4.17. The third-order valence-corrected chi connectivity index (χ3v) is 10.3. The van der Waals surface area contributed by atoms with Crippen LogP contribution >= 0.6 is 0 Å². The van der Waals surface area contributed by atoms with Gasteiger partial charge in [-0.1, -0.05) is 45.0 Å². The van der Waals surface area contributed by atoms with Crippen molar-refractivity contribution in [1.29, 1.82) is 0 Å². The van der Waals surface area contributed by atoms with Crippen LogP contribution in [0.25, 0.3) is 11.3 Å². The first-order valence-corrected chi connectivity index (χ1v) is 21.3. The number of nitro benzene ring substituents is 1. The number of carbonyl (C=O) groups is 4. The zero-order valence-corrected chi connectivity index (χ0v) is 36.0. The van der Waals surface area contributed by atoms with E-state index >= 15 is 0 Å². The number of carbonyl (C=O) groups excluding carboxylic acids is 4. The van der Waals surface area contributed by atoms with Gasteiger partial charge in [0.15, 0.2) is 0 Å². The van der Waals surface area contributed by atoms with Crippen LogP contribution in [0.5, 0.6) is 5.75 Å². The van der Waals surface area contributed by atoms with Gasteiger partial charge in [0.1, 0.15) is 30.1 Å². The van der Waals surface area contributed by atoms with Gasteiger partial charge in [-0.25, -0.2) is 23.2 Å². The number of unbranched alkanes of at least 4 members (excludes halogenated alkanes) is 1. The lowest BCUT2D eigenvalue weighted by Gasteiger charge is -2.30. The summed E-state index contributed by atoms with van der Waals surface area (Å²) in [5.41, 5.74) is 0.808. The van der Waals surface area contributed by atoms with Gasteiger partial charge in [-0.05, 0) is 82.1 Å². The molecule has 0 saturated carbocycles. The SMILES string of the molecule is CC(C)[C@H](NC(=O)C(C)(C)CCn1cc(-c2cnc(S(C)(=O)=O)nc2)nn1)C(=O)N[C@@H](CCCCN(C)C)C(=O)Nc1ccc(COC(=O)Oc2ccc([N+](=O)[O-])cc2)cc1. The van der Waals surface area contributed by atoms with Gasteiger partial charge in [0, 0.05) is 54.0 Å². The first kappa shape index (κ1) is 47.3. The van der Waals surface area contributed by atoms with Crippen molar-refractivity contribution in [2.45, 2.75) is 83.8 Å².